The minimum absolute atomic E-state index is 0.533. The van der Waals surface area contributed by atoms with Gasteiger partial charge in [-0.3, -0.25) is 9.88 Å². The first kappa shape index (κ1) is 12.5. The molecule has 1 aromatic heterocycles. The summed E-state index contributed by atoms with van der Waals surface area (Å²) in [6.07, 6.45) is 7.22. The second-order valence-electron chi connectivity index (χ2n) is 4.89. The van der Waals surface area contributed by atoms with E-state index < -0.39 is 0 Å². The number of rotatable bonds is 4. The average molecular weight is 233 g/mol. The quantitative estimate of drug-likeness (QED) is 0.867. The van der Waals surface area contributed by atoms with Gasteiger partial charge in [-0.2, -0.15) is 0 Å². The van der Waals surface area contributed by atoms with Crippen molar-refractivity contribution in [3.05, 3.63) is 29.6 Å². The van der Waals surface area contributed by atoms with Gasteiger partial charge in [-0.15, -0.1) is 0 Å². The van der Waals surface area contributed by atoms with Gasteiger partial charge in [0.25, 0.3) is 0 Å². The Kier molecular flexibility index (Phi) is 4.51. The Hall–Kier alpha value is -0.930. The maximum Gasteiger partial charge on any atom is 0.0542 e. The van der Waals surface area contributed by atoms with Crippen molar-refractivity contribution in [3.8, 4) is 0 Å². The van der Waals surface area contributed by atoms with Gasteiger partial charge >= 0.3 is 0 Å². The topological polar surface area (TPSA) is 42.2 Å². The third-order valence-corrected chi connectivity index (χ3v) is 3.70. The Bertz CT molecular complexity index is 351. The summed E-state index contributed by atoms with van der Waals surface area (Å²) >= 11 is 0. The number of hydrogen-bond acceptors (Lipinski definition) is 3. The van der Waals surface area contributed by atoms with Crippen LogP contribution in [0.5, 0.6) is 0 Å². The molecule has 0 radical (unpaired) electrons. The molecule has 17 heavy (non-hydrogen) atoms. The zero-order valence-corrected chi connectivity index (χ0v) is 10.7. The minimum atomic E-state index is 0.533. The Labute approximate surface area is 104 Å². The Balaban J connectivity index is 2.02. The first-order valence-electron chi connectivity index (χ1n) is 6.71. The van der Waals surface area contributed by atoms with Crippen LogP contribution in [0.2, 0.25) is 0 Å². The van der Waals surface area contributed by atoms with E-state index in [1.165, 1.54) is 37.8 Å². The molecule has 2 N–H and O–H groups in total. The summed E-state index contributed by atoms with van der Waals surface area (Å²) in [7, 11) is 0. The van der Waals surface area contributed by atoms with E-state index in [-0.39, 0.29) is 0 Å². The standard InChI is InChI=1S/C14H23N3/c1-2-14-5-3-4-8-17(14)11-12-6-7-16-13(9-12)10-15/h6-7,9,14H,2-5,8,10-11,15H2,1H3. The van der Waals surface area contributed by atoms with Gasteiger partial charge in [-0.25, -0.2) is 0 Å². The number of pyridine rings is 1. The van der Waals surface area contributed by atoms with Crippen molar-refractivity contribution in [1.29, 1.82) is 0 Å². The Morgan fingerprint density at radius 1 is 1.47 bits per heavy atom. The van der Waals surface area contributed by atoms with Crippen molar-refractivity contribution in [2.75, 3.05) is 6.54 Å². The predicted octanol–water partition coefficient (Wildman–Crippen LogP) is 2.30. The van der Waals surface area contributed by atoms with E-state index in [9.17, 15) is 0 Å². The summed E-state index contributed by atoms with van der Waals surface area (Å²) in [6, 6.07) is 5.01. The largest absolute Gasteiger partial charge is 0.325 e. The lowest BCUT2D eigenvalue weighted by atomic mass is 9.99. The molecule has 0 aromatic carbocycles. The van der Waals surface area contributed by atoms with Crippen LogP contribution in [0, 0.1) is 0 Å². The van der Waals surface area contributed by atoms with Crippen molar-refractivity contribution < 1.29 is 0 Å². The molecule has 0 bridgehead atoms. The normalized spacial score (nSPS) is 21.6. The average Bonchev–Trinajstić information content (AvgIpc) is 2.39. The first-order valence-corrected chi connectivity index (χ1v) is 6.71. The molecule has 1 atom stereocenters. The van der Waals surface area contributed by atoms with Crippen molar-refractivity contribution in [1.82, 2.24) is 9.88 Å². The smallest absolute Gasteiger partial charge is 0.0542 e. The molecule has 1 fully saturated rings. The zero-order valence-electron chi connectivity index (χ0n) is 10.7. The number of hydrogen-bond donors (Lipinski definition) is 1. The summed E-state index contributed by atoms with van der Waals surface area (Å²) in [5.74, 6) is 0. The van der Waals surface area contributed by atoms with Crippen LogP contribution in [-0.2, 0) is 13.1 Å². The number of nitrogens with two attached hydrogens (primary N) is 1. The van der Waals surface area contributed by atoms with Crippen molar-refractivity contribution >= 4 is 0 Å². The van der Waals surface area contributed by atoms with Crippen molar-refractivity contribution in [2.45, 2.75) is 51.7 Å². The summed E-state index contributed by atoms with van der Waals surface area (Å²) in [6.45, 7) is 5.11. The van der Waals surface area contributed by atoms with Gasteiger partial charge in [0.1, 0.15) is 0 Å². The third kappa shape index (κ3) is 3.27. The highest BCUT2D eigenvalue weighted by Gasteiger charge is 2.20. The van der Waals surface area contributed by atoms with Gasteiger partial charge in [-0.1, -0.05) is 13.3 Å². The van der Waals surface area contributed by atoms with Crippen LogP contribution >= 0.6 is 0 Å². The van der Waals surface area contributed by atoms with E-state index in [1.807, 2.05) is 6.20 Å². The fraction of sp³-hybridized carbons (Fsp3) is 0.643. The van der Waals surface area contributed by atoms with Crippen LogP contribution in [0.4, 0.5) is 0 Å². The van der Waals surface area contributed by atoms with Gasteiger partial charge in [0.2, 0.25) is 0 Å². The van der Waals surface area contributed by atoms with Gasteiger partial charge < -0.3 is 5.73 Å². The van der Waals surface area contributed by atoms with Gasteiger partial charge in [-0.05, 0) is 43.5 Å². The van der Waals surface area contributed by atoms with E-state index >= 15 is 0 Å². The third-order valence-electron chi connectivity index (χ3n) is 3.70. The summed E-state index contributed by atoms with van der Waals surface area (Å²) in [5, 5.41) is 0. The molecule has 2 heterocycles. The summed E-state index contributed by atoms with van der Waals surface area (Å²) in [5.41, 5.74) is 7.97. The molecule has 0 aliphatic carbocycles. The number of nitrogens with zero attached hydrogens (tertiary/aromatic N) is 2. The maximum atomic E-state index is 5.63. The van der Waals surface area contributed by atoms with E-state index in [2.05, 4.69) is 28.9 Å². The van der Waals surface area contributed by atoms with Gasteiger partial charge in [0.05, 0.1) is 5.69 Å². The highest BCUT2D eigenvalue weighted by molar-refractivity contribution is 5.16. The fourth-order valence-corrected chi connectivity index (χ4v) is 2.70. The molecule has 1 aliphatic rings. The molecule has 94 valence electrons. The zero-order chi connectivity index (χ0) is 12.1. The van der Waals surface area contributed by atoms with Gasteiger partial charge in [0.15, 0.2) is 0 Å². The second kappa shape index (κ2) is 6.12. The summed E-state index contributed by atoms with van der Waals surface area (Å²) < 4.78 is 0. The van der Waals surface area contributed by atoms with Crippen LogP contribution in [0.3, 0.4) is 0 Å². The van der Waals surface area contributed by atoms with Crippen LogP contribution in [0.15, 0.2) is 18.3 Å². The van der Waals surface area contributed by atoms with Crippen molar-refractivity contribution in [2.24, 2.45) is 5.73 Å². The molecule has 1 aliphatic heterocycles. The van der Waals surface area contributed by atoms with Gasteiger partial charge in [0, 0.05) is 25.3 Å². The molecule has 1 saturated heterocycles. The number of likely N-dealkylation sites (tertiary alicyclic amines) is 1. The van der Waals surface area contributed by atoms with Crippen molar-refractivity contribution in [3.63, 3.8) is 0 Å². The highest BCUT2D eigenvalue weighted by Crippen LogP contribution is 2.21. The molecular weight excluding hydrogens is 210 g/mol. The van der Waals surface area contributed by atoms with E-state index in [4.69, 9.17) is 5.73 Å². The molecule has 0 spiro atoms. The SMILES string of the molecule is CCC1CCCCN1Cc1ccnc(CN)c1. The monoisotopic (exact) mass is 233 g/mol. The molecule has 3 heteroatoms. The fourth-order valence-electron chi connectivity index (χ4n) is 2.70. The molecule has 3 nitrogen and oxygen atoms in total. The molecular formula is C14H23N3. The van der Waals surface area contributed by atoms with Crippen LogP contribution < -0.4 is 5.73 Å². The second-order valence-corrected chi connectivity index (χ2v) is 4.89. The lowest BCUT2D eigenvalue weighted by molar-refractivity contribution is 0.136. The number of aromatic nitrogens is 1. The minimum Gasteiger partial charge on any atom is -0.325 e. The van der Waals surface area contributed by atoms with Crippen LogP contribution in [0.1, 0.15) is 43.9 Å². The lowest BCUT2D eigenvalue weighted by Crippen LogP contribution is -2.38. The Morgan fingerprint density at radius 3 is 3.12 bits per heavy atom. The Morgan fingerprint density at radius 2 is 2.35 bits per heavy atom. The van der Waals surface area contributed by atoms with Crippen LogP contribution in [-0.4, -0.2) is 22.5 Å². The lowest BCUT2D eigenvalue weighted by Gasteiger charge is -2.35. The molecule has 2 rings (SSSR count). The molecule has 0 amide bonds. The van der Waals surface area contributed by atoms with E-state index in [0.29, 0.717) is 6.54 Å². The molecule has 1 unspecified atom stereocenters. The van der Waals surface area contributed by atoms with E-state index in [1.54, 1.807) is 0 Å². The molecule has 0 saturated carbocycles. The first-order chi connectivity index (χ1) is 8.33. The molecule has 1 aromatic rings. The van der Waals surface area contributed by atoms with Crippen LogP contribution in [0.25, 0.3) is 0 Å². The van der Waals surface area contributed by atoms with E-state index in [0.717, 1.165) is 18.3 Å². The summed E-state index contributed by atoms with van der Waals surface area (Å²) in [4.78, 5) is 6.86. The predicted molar refractivity (Wildman–Crippen MR) is 70.5 cm³/mol. The maximum absolute atomic E-state index is 5.63. The highest BCUT2D eigenvalue weighted by atomic mass is 15.2. The number of piperidine rings is 1.